The van der Waals surface area contributed by atoms with Crippen LogP contribution >= 0.6 is 0 Å². The Hall–Kier alpha value is -1.97. The fraction of sp³-hybridized carbons (Fsp3) is 0.174. The predicted octanol–water partition coefficient (Wildman–Crippen LogP) is -0.406. The molecule has 0 radical (unpaired) electrons. The van der Waals surface area contributed by atoms with E-state index in [1.807, 2.05) is 67.0 Å². The van der Waals surface area contributed by atoms with Crippen molar-refractivity contribution in [3.05, 3.63) is 89.2 Å². The van der Waals surface area contributed by atoms with Crippen LogP contribution in [0.5, 0.6) is 0 Å². The molecule has 152 valence electrons. The number of pyridine rings is 1. The van der Waals surface area contributed by atoms with Gasteiger partial charge >= 0.3 is 17.1 Å². The molecule has 0 amide bonds. The molecule has 3 rings (SSSR count). The number of para-hydroxylation sites is 2. The van der Waals surface area contributed by atoms with Crippen LogP contribution in [0.2, 0.25) is 0 Å². The van der Waals surface area contributed by atoms with Gasteiger partial charge in [-0.2, -0.15) is 0 Å². The maximum absolute atomic E-state index is 4.70. The standard InChI is InChI=1S/C23H23N3.2ClH.Fe/c1-18-8-3-5-12-22(18)24-16-14-20-10-7-11-21(26-20)15-17-25-23-13-6-4-9-19(23)2;;;/h3-13,16-17H,14-15H2,1-2H3;2*1H;/q;;;+2/p-2. The van der Waals surface area contributed by atoms with Gasteiger partial charge in [0.15, 0.2) is 0 Å². The van der Waals surface area contributed by atoms with Crippen LogP contribution in [0, 0.1) is 13.8 Å². The number of hydrogen-bond acceptors (Lipinski definition) is 3. The van der Waals surface area contributed by atoms with Crippen LogP contribution in [-0.4, -0.2) is 17.4 Å². The fourth-order valence-corrected chi connectivity index (χ4v) is 2.65. The molecular formula is C23H23Cl2FeN3. The number of halogens is 2. The first-order chi connectivity index (χ1) is 12.7. The van der Waals surface area contributed by atoms with Crippen LogP contribution in [0.25, 0.3) is 0 Å². The van der Waals surface area contributed by atoms with Gasteiger partial charge in [-0.1, -0.05) is 42.5 Å². The maximum Gasteiger partial charge on any atom is 2.00 e. The number of hydrogen-bond donors (Lipinski definition) is 0. The summed E-state index contributed by atoms with van der Waals surface area (Å²) in [4.78, 5) is 13.8. The van der Waals surface area contributed by atoms with Crippen LogP contribution in [0.1, 0.15) is 22.5 Å². The Bertz CT molecular complexity index is 870. The molecule has 0 fully saturated rings. The summed E-state index contributed by atoms with van der Waals surface area (Å²) in [7, 11) is 0. The van der Waals surface area contributed by atoms with E-state index in [0.29, 0.717) is 0 Å². The molecule has 0 aliphatic heterocycles. The molecule has 1 heterocycles. The summed E-state index contributed by atoms with van der Waals surface area (Å²) in [6, 6.07) is 22.4. The van der Waals surface area contributed by atoms with Crippen LogP contribution in [0.3, 0.4) is 0 Å². The van der Waals surface area contributed by atoms with Crippen molar-refractivity contribution >= 4 is 23.8 Å². The van der Waals surface area contributed by atoms with Gasteiger partial charge in [0, 0.05) is 36.7 Å². The Morgan fingerprint density at radius 3 is 1.48 bits per heavy atom. The average molecular weight is 468 g/mol. The molecule has 0 saturated carbocycles. The Morgan fingerprint density at radius 1 is 0.655 bits per heavy atom. The SMILES string of the molecule is Cc1ccccc1N=CCc1cccc(CC=Nc2ccccc2C)n1.[Cl-].[Cl-].[Fe+2]. The largest absolute Gasteiger partial charge is 2.00 e. The van der Waals surface area contributed by atoms with Crippen molar-refractivity contribution < 1.29 is 41.9 Å². The second kappa shape index (κ2) is 14.1. The van der Waals surface area contributed by atoms with E-state index in [9.17, 15) is 0 Å². The Morgan fingerprint density at radius 2 is 1.07 bits per heavy atom. The van der Waals surface area contributed by atoms with Gasteiger partial charge < -0.3 is 24.8 Å². The monoisotopic (exact) mass is 467 g/mol. The zero-order valence-electron chi connectivity index (χ0n) is 16.4. The molecule has 0 bridgehead atoms. The van der Waals surface area contributed by atoms with Crippen LogP contribution in [0.4, 0.5) is 11.4 Å². The van der Waals surface area contributed by atoms with Gasteiger partial charge in [-0.15, -0.1) is 0 Å². The molecule has 0 atom stereocenters. The zero-order valence-corrected chi connectivity index (χ0v) is 19.0. The van der Waals surface area contributed by atoms with Gasteiger partial charge in [0.1, 0.15) is 0 Å². The van der Waals surface area contributed by atoms with Gasteiger partial charge in [-0.05, 0) is 49.2 Å². The minimum Gasteiger partial charge on any atom is -1.00 e. The maximum atomic E-state index is 4.70. The van der Waals surface area contributed by atoms with Crippen molar-refractivity contribution in [1.29, 1.82) is 0 Å². The minimum atomic E-state index is 0. The molecule has 0 N–H and O–H groups in total. The second-order valence-corrected chi connectivity index (χ2v) is 6.22. The second-order valence-electron chi connectivity index (χ2n) is 6.22. The molecule has 0 aliphatic rings. The van der Waals surface area contributed by atoms with Crippen molar-refractivity contribution in [1.82, 2.24) is 4.98 Å². The molecule has 0 unspecified atom stereocenters. The van der Waals surface area contributed by atoms with E-state index in [1.165, 1.54) is 11.1 Å². The van der Waals surface area contributed by atoms with E-state index in [0.717, 1.165) is 35.6 Å². The Labute approximate surface area is 196 Å². The Kier molecular flexibility index (Phi) is 13.1. The topological polar surface area (TPSA) is 37.6 Å². The summed E-state index contributed by atoms with van der Waals surface area (Å²) in [6.45, 7) is 4.14. The van der Waals surface area contributed by atoms with Crippen molar-refractivity contribution in [3.63, 3.8) is 0 Å². The molecule has 1 aromatic heterocycles. The first-order valence-corrected chi connectivity index (χ1v) is 8.83. The van der Waals surface area contributed by atoms with Gasteiger partial charge in [0.2, 0.25) is 0 Å². The fourth-order valence-electron chi connectivity index (χ4n) is 2.65. The van der Waals surface area contributed by atoms with Crippen molar-refractivity contribution in [3.8, 4) is 0 Å². The smallest absolute Gasteiger partial charge is 1.00 e. The van der Waals surface area contributed by atoms with Gasteiger partial charge in [0.05, 0.1) is 11.4 Å². The van der Waals surface area contributed by atoms with Crippen molar-refractivity contribution in [2.24, 2.45) is 9.98 Å². The van der Waals surface area contributed by atoms with Crippen LogP contribution < -0.4 is 24.8 Å². The number of benzene rings is 2. The molecule has 29 heavy (non-hydrogen) atoms. The Balaban J connectivity index is 0.00000261. The summed E-state index contributed by atoms with van der Waals surface area (Å²) in [5.41, 5.74) is 6.41. The molecule has 2 aromatic carbocycles. The number of rotatable bonds is 6. The number of aryl methyl sites for hydroxylation is 2. The summed E-state index contributed by atoms with van der Waals surface area (Å²) in [5.74, 6) is 0. The first kappa shape index (κ1) is 27.0. The predicted molar refractivity (Wildman–Crippen MR) is 110 cm³/mol. The molecule has 0 aliphatic carbocycles. The van der Waals surface area contributed by atoms with E-state index in [2.05, 4.69) is 36.0 Å². The van der Waals surface area contributed by atoms with Gasteiger partial charge in [0.25, 0.3) is 0 Å². The van der Waals surface area contributed by atoms with Crippen molar-refractivity contribution in [2.75, 3.05) is 0 Å². The quantitative estimate of drug-likeness (QED) is 0.359. The molecule has 0 saturated heterocycles. The molecule has 3 nitrogen and oxygen atoms in total. The number of nitrogens with zero attached hydrogens (tertiary/aromatic N) is 3. The summed E-state index contributed by atoms with van der Waals surface area (Å²) in [5, 5.41) is 0. The number of aromatic nitrogens is 1. The van der Waals surface area contributed by atoms with Gasteiger partial charge in [-0.25, -0.2) is 0 Å². The third kappa shape index (κ3) is 8.51. The minimum absolute atomic E-state index is 0. The first-order valence-electron chi connectivity index (χ1n) is 8.83. The van der Waals surface area contributed by atoms with E-state index in [-0.39, 0.29) is 41.9 Å². The molecule has 3 aromatic rings. The van der Waals surface area contributed by atoms with Crippen molar-refractivity contribution in [2.45, 2.75) is 26.7 Å². The molecule has 6 heteroatoms. The van der Waals surface area contributed by atoms with E-state index >= 15 is 0 Å². The number of aliphatic imine (C=N–C) groups is 2. The van der Waals surface area contributed by atoms with E-state index in [1.54, 1.807) is 0 Å². The van der Waals surface area contributed by atoms with Gasteiger partial charge in [-0.3, -0.25) is 15.0 Å². The third-order valence-corrected chi connectivity index (χ3v) is 4.16. The molecule has 0 spiro atoms. The third-order valence-electron chi connectivity index (χ3n) is 4.16. The van der Waals surface area contributed by atoms with Crippen LogP contribution in [-0.2, 0) is 29.9 Å². The van der Waals surface area contributed by atoms with Crippen LogP contribution in [0.15, 0.2) is 76.7 Å². The summed E-state index contributed by atoms with van der Waals surface area (Å²) >= 11 is 0. The van der Waals surface area contributed by atoms with E-state index in [4.69, 9.17) is 4.98 Å². The van der Waals surface area contributed by atoms with E-state index < -0.39 is 0 Å². The molecular weight excluding hydrogens is 445 g/mol. The average Bonchev–Trinajstić information content (AvgIpc) is 2.65. The summed E-state index contributed by atoms with van der Waals surface area (Å²) in [6.07, 6.45) is 5.29. The normalized spacial score (nSPS) is 10.3. The zero-order chi connectivity index (χ0) is 18.2. The summed E-state index contributed by atoms with van der Waals surface area (Å²) < 4.78 is 0.